The van der Waals surface area contributed by atoms with E-state index in [-0.39, 0.29) is 6.42 Å². The molecular weight excluding hydrogens is 512 g/mol. The van der Waals surface area contributed by atoms with Gasteiger partial charge in [-0.15, -0.1) is 0 Å². The van der Waals surface area contributed by atoms with Crippen LogP contribution in [0.5, 0.6) is 0 Å². The zero-order chi connectivity index (χ0) is 28.1. The topological polar surface area (TPSA) is 82.5 Å². The molecule has 206 valence electrons. The van der Waals surface area contributed by atoms with E-state index in [1.807, 2.05) is 30.5 Å². The fourth-order valence-electron chi connectivity index (χ4n) is 5.42. The highest BCUT2D eigenvalue weighted by atomic mass is 19.1. The Morgan fingerprint density at radius 1 is 0.925 bits per heavy atom. The Hall–Kier alpha value is -4.17. The second-order valence-electron chi connectivity index (χ2n) is 10.4. The average Bonchev–Trinajstić information content (AvgIpc) is 2.93. The van der Waals surface area contributed by atoms with E-state index in [0.29, 0.717) is 12.0 Å². The molecule has 0 saturated carbocycles. The lowest BCUT2D eigenvalue weighted by atomic mass is 9.95. The Balaban J connectivity index is 1.35. The lowest BCUT2D eigenvalue weighted by Gasteiger charge is -2.26. The number of hydrogen-bond acceptors (Lipinski definition) is 4. The number of fused-ring (bicyclic) bond motifs is 1. The van der Waals surface area contributed by atoms with Crippen LogP contribution in [0.3, 0.4) is 0 Å². The van der Waals surface area contributed by atoms with Crippen LogP contribution in [-0.2, 0) is 24.2 Å². The molecule has 40 heavy (non-hydrogen) atoms. The van der Waals surface area contributed by atoms with E-state index in [1.165, 1.54) is 24.8 Å². The zero-order valence-electron chi connectivity index (χ0n) is 22.1. The maximum Gasteiger partial charge on any atom is 0.326 e. The first-order chi connectivity index (χ1) is 19.4. The Labute approximate surface area is 231 Å². The van der Waals surface area contributed by atoms with Crippen LogP contribution in [0.25, 0.3) is 10.8 Å². The predicted molar refractivity (Wildman–Crippen MR) is 149 cm³/mol. The summed E-state index contributed by atoms with van der Waals surface area (Å²) in [5.74, 6) is -4.50. The Morgan fingerprint density at radius 2 is 1.65 bits per heavy atom. The minimum atomic E-state index is -1.36. The molecule has 4 aromatic rings. The molecule has 0 aliphatic carbocycles. The summed E-state index contributed by atoms with van der Waals surface area (Å²) in [6.07, 6.45) is 7.99. The van der Waals surface area contributed by atoms with Crippen LogP contribution in [0.4, 0.5) is 8.78 Å². The zero-order valence-corrected chi connectivity index (χ0v) is 22.1. The van der Waals surface area contributed by atoms with Crippen molar-refractivity contribution in [1.29, 1.82) is 0 Å². The minimum absolute atomic E-state index is 0.0394. The Kier molecular flexibility index (Phi) is 8.45. The van der Waals surface area contributed by atoms with Crippen LogP contribution in [0, 0.1) is 11.6 Å². The smallest absolute Gasteiger partial charge is 0.326 e. The summed E-state index contributed by atoms with van der Waals surface area (Å²) >= 11 is 0. The van der Waals surface area contributed by atoms with E-state index in [9.17, 15) is 23.5 Å². The maximum absolute atomic E-state index is 14.1. The third-order valence-electron chi connectivity index (χ3n) is 7.38. The number of aromatic nitrogens is 1. The second-order valence-corrected chi connectivity index (χ2v) is 10.4. The monoisotopic (exact) mass is 543 g/mol. The fraction of sp³-hybridized carbons (Fsp3) is 0.281. The summed E-state index contributed by atoms with van der Waals surface area (Å²) in [5, 5.41) is 14.2. The first kappa shape index (κ1) is 27.4. The van der Waals surface area contributed by atoms with E-state index < -0.39 is 35.1 Å². The molecule has 8 heteroatoms. The number of likely N-dealkylation sites (tertiary alicyclic amines) is 1. The number of carboxylic acids is 1. The van der Waals surface area contributed by atoms with Gasteiger partial charge in [-0.05, 0) is 84.3 Å². The van der Waals surface area contributed by atoms with Crippen LogP contribution in [0.2, 0.25) is 0 Å². The van der Waals surface area contributed by atoms with Crippen molar-refractivity contribution in [2.75, 3.05) is 13.1 Å². The van der Waals surface area contributed by atoms with Crippen LogP contribution >= 0.6 is 0 Å². The number of pyridine rings is 1. The molecule has 0 radical (unpaired) electrons. The second kappa shape index (κ2) is 12.3. The quantitative estimate of drug-likeness (QED) is 0.291. The number of aliphatic carboxylic acids is 1. The van der Waals surface area contributed by atoms with Gasteiger partial charge >= 0.3 is 5.97 Å². The normalized spacial score (nSPS) is 14.7. The van der Waals surface area contributed by atoms with Gasteiger partial charge in [-0.2, -0.15) is 0 Å². The van der Waals surface area contributed by atoms with Crippen molar-refractivity contribution in [3.05, 3.63) is 113 Å². The van der Waals surface area contributed by atoms with Gasteiger partial charge in [0.25, 0.3) is 5.91 Å². The fourth-order valence-corrected chi connectivity index (χ4v) is 5.42. The van der Waals surface area contributed by atoms with Crippen molar-refractivity contribution in [1.82, 2.24) is 15.2 Å². The van der Waals surface area contributed by atoms with Crippen molar-refractivity contribution in [3.8, 4) is 0 Å². The summed E-state index contributed by atoms with van der Waals surface area (Å²) in [6.45, 7) is 3.11. The van der Waals surface area contributed by atoms with E-state index in [4.69, 9.17) is 0 Å². The number of rotatable bonds is 9. The van der Waals surface area contributed by atoms with Crippen LogP contribution < -0.4 is 5.32 Å². The molecule has 1 saturated heterocycles. The number of amides is 1. The molecule has 1 unspecified atom stereocenters. The summed E-state index contributed by atoms with van der Waals surface area (Å²) < 4.78 is 28.1. The summed E-state index contributed by atoms with van der Waals surface area (Å²) in [7, 11) is 0. The first-order valence-corrected chi connectivity index (χ1v) is 13.5. The number of halogens is 2. The lowest BCUT2D eigenvalue weighted by Crippen LogP contribution is -2.43. The number of nitrogens with one attached hydrogen (secondary N) is 1. The largest absolute Gasteiger partial charge is 0.480 e. The van der Waals surface area contributed by atoms with Gasteiger partial charge in [0.1, 0.15) is 23.2 Å². The summed E-state index contributed by atoms with van der Waals surface area (Å²) in [5.41, 5.74) is 3.25. The van der Waals surface area contributed by atoms with Crippen molar-refractivity contribution in [3.63, 3.8) is 0 Å². The van der Waals surface area contributed by atoms with Crippen molar-refractivity contribution in [2.45, 2.75) is 44.7 Å². The highest BCUT2D eigenvalue weighted by Crippen LogP contribution is 2.25. The molecule has 1 amide bonds. The third kappa shape index (κ3) is 6.51. The summed E-state index contributed by atoms with van der Waals surface area (Å²) in [6, 6.07) is 15.7. The minimum Gasteiger partial charge on any atom is -0.480 e. The highest BCUT2D eigenvalue weighted by Gasteiger charge is 2.25. The number of benzene rings is 3. The number of carbonyl (C=O) groups is 2. The SMILES string of the molecule is O=C(NC(Cc1cccc(Cc2cc(CN3CCCCC3)cc3ccncc23)c1)C(=O)O)c1c(F)cccc1F. The maximum atomic E-state index is 14.1. The number of carbonyl (C=O) groups excluding carboxylic acids is 1. The van der Waals surface area contributed by atoms with Gasteiger partial charge in [0, 0.05) is 30.7 Å². The van der Waals surface area contributed by atoms with Crippen molar-refractivity contribution >= 4 is 22.6 Å². The lowest BCUT2D eigenvalue weighted by molar-refractivity contribution is -0.139. The van der Waals surface area contributed by atoms with Gasteiger partial charge in [-0.1, -0.05) is 42.8 Å². The number of piperidine rings is 1. The average molecular weight is 544 g/mol. The molecular formula is C32H31F2N3O3. The predicted octanol–water partition coefficient (Wildman–Crippen LogP) is 5.52. The first-order valence-electron chi connectivity index (χ1n) is 13.5. The molecule has 1 fully saturated rings. The number of carboxylic acid groups (broad SMARTS) is 1. The molecule has 2 N–H and O–H groups in total. The molecule has 1 aliphatic rings. The highest BCUT2D eigenvalue weighted by molar-refractivity contribution is 5.97. The van der Waals surface area contributed by atoms with Gasteiger partial charge in [0.15, 0.2) is 0 Å². The van der Waals surface area contributed by atoms with Gasteiger partial charge in [-0.25, -0.2) is 13.6 Å². The molecule has 3 aromatic carbocycles. The van der Waals surface area contributed by atoms with Crippen molar-refractivity contribution in [2.24, 2.45) is 0 Å². The Bertz CT molecular complexity index is 1520. The van der Waals surface area contributed by atoms with E-state index >= 15 is 0 Å². The van der Waals surface area contributed by atoms with Crippen LogP contribution in [0.15, 0.2) is 73.1 Å². The number of nitrogens with zero attached hydrogens (tertiary/aromatic N) is 2. The van der Waals surface area contributed by atoms with E-state index in [1.54, 1.807) is 12.3 Å². The third-order valence-corrected chi connectivity index (χ3v) is 7.38. The molecule has 0 bridgehead atoms. The van der Waals surface area contributed by atoms with Gasteiger partial charge in [0.2, 0.25) is 0 Å². The van der Waals surface area contributed by atoms with E-state index in [2.05, 4.69) is 27.3 Å². The standard InChI is InChI=1S/C32H31F2N3O3/c33-27-8-5-9-28(34)30(27)31(38)36-29(32(39)40)18-22-7-4-6-21(14-22)15-25-17-23(20-37-12-2-1-3-13-37)16-24-10-11-35-19-26(24)25/h4-11,14,16-17,19,29H,1-3,12-13,15,18,20H2,(H,36,38)(H,39,40). The molecule has 5 rings (SSSR count). The van der Waals surface area contributed by atoms with Gasteiger partial charge in [0.05, 0.1) is 0 Å². The summed E-state index contributed by atoms with van der Waals surface area (Å²) in [4.78, 5) is 31.3. The van der Waals surface area contributed by atoms with Crippen LogP contribution in [0.1, 0.15) is 51.9 Å². The van der Waals surface area contributed by atoms with E-state index in [0.717, 1.165) is 59.7 Å². The van der Waals surface area contributed by atoms with Crippen molar-refractivity contribution < 1.29 is 23.5 Å². The molecule has 2 heterocycles. The molecule has 1 atom stereocenters. The molecule has 6 nitrogen and oxygen atoms in total. The molecule has 1 aromatic heterocycles. The number of hydrogen-bond donors (Lipinski definition) is 2. The van der Waals surface area contributed by atoms with Crippen LogP contribution in [-0.4, -0.2) is 46.0 Å². The Morgan fingerprint density at radius 3 is 2.40 bits per heavy atom. The van der Waals surface area contributed by atoms with Gasteiger partial charge < -0.3 is 10.4 Å². The molecule has 1 aliphatic heterocycles. The molecule has 0 spiro atoms. The van der Waals surface area contributed by atoms with Gasteiger partial charge in [-0.3, -0.25) is 14.7 Å².